The SMILES string of the molecule is COc1ccc(CNC(=O)CCCC(C)Oc2cccc3c2CN2CC(=O)NC2=N3)cc1. The van der Waals surface area contributed by atoms with Gasteiger partial charge in [-0.1, -0.05) is 18.2 Å². The number of carbonyl (C=O) groups is 2. The van der Waals surface area contributed by atoms with Gasteiger partial charge in [0, 0.05) is 18.5 Å². The van der Waals surface area contributed by atoms with Crippen LogP contribution in [0.4, 0.5) is 5.69 Å². The highest BCUT2D eigenvalue weighted by Crippen LogP contribution is 2.34. The van der Waals surface area contributed by atoms with E-state index in [1.54, 1.807) is 7.11 Å². The van der Waals surface area contributed by atoms with Crippen LogP contribution in [0.1, 0.15) is 37.3 Å². The third-order valence-electron chi connectivity index (χ3n) is 5.56. The maximum Gasteiger partial charge on any atom is 0.246 e. The number of hydrogen-bond donors (Lipinski definition) is 2. The van der Waals surface area contributed by atoms with Gasteiger partial charge < -0.3 is 19.7 Å². The normalized spacial score (nSPS) is 15.2. The number of methoxy groups -OCH3 is 1. The van der Waals surface area contributed by atoms with Gasteiger partial charge in [-0.3, -0.25) is 14.9 Å². The van der Waals surface area contributed by atoms with Crippen LogP contribution < -0.4 is 20.1 Å². The van der Waals surface area contributed by atoms with Crippen LogP contribution in [-0.4, -0.2) is 42.4 Å². The second-order valence-electron chi connectivity index (χ2n) is 8.04. The number of fused-ring (bicyclic) bond motifs is 2. The van der Waals surface area contributed by atoms with E-state index in [1.807, 2.05) is 54.3 Å². The predicted molar refractivity (Wildman–Crippen MR) is 121 cm³/mol. The predicted octanol–water partition coefficient (Wildman–Crippen LogP) is 2.88. The van der Waals surface area contributed by atoms with Crippen LogP contribution in [0, 0.1) is 0 Å². The molecule has 168 valence electrons. The van der Waals surface area contributed by atoms with Gasteiger partial charge in [0.2, 0.25) is 17.8 Å². The van der Waals surface area contributed by atoms with Crippen LogP contribution in [0.15, 0.2) is 47.5 Å². The quantitative estimate of drug-likeness (QED) is 0.631. The Bertz CT molecular complexity index is 1020. The average Bonchev–Trinajstić information content (AvgIpc) is 3.15. The second-order valence-corrected chi connectivity index (χ2v) is 8.04. The first-order chi connectivity index (χ1) is 15.5. The van der Waals surface area contributed by atoms with Crippen molar-refractivity contribution in [3.05, 3.63) is 53.6 Å². The number of amides is 2. The Balaban J connectivity index is 1.23. The molecule has 8 nitrogen and oxygen atoms in total. The third-order valence-corrected chi connectivity index (χ3v) is 5.56. The zero-order valence-corrected chi connectivity index (χ0v) is 18.4. The van der Waals surface area contributed by atoms with Gasteiger partial charge in [0.05, 0.1) is 25.4 Å². The van der Waals surface area contributed by atoms with Crippen molar-refractivity contribution in [1.82, 2.24) is 15.5 Å². The van der Waals surface area contributed by atoms with Crippen molar-refractivity contribution in [2.24, 2.45) is 4.99 Å². The highest BCUT2D eigenvalue weighted by molar-refractivity contribution is 6.05. The molecule has 1 atom stereocenters. The summed E-state index contributed by atoms with van der Waals surface area (Å²) in [7, 11) is 1.63. The molecule has 0 saturated carbocycles. The third kappa shape index (κ3) is 5.19. The topological polar surface area (TPSA) is 92.3 Å². The van der Waals surface area contributed by atoms with E-state index in [9.17, 15) is 9.59 Å². The fraction of sp³-hybridized carbons (Fsp3) is 0.375. The number of nitrogens with one attached hydrogen (secondary N) is 2. The second kappa shape index (κ2) is 9.72. The molecule has 1 saturated heterocycles. The molecule has 2 aromatic carbocycles. The molecule has 32 heavy (non-hydrogen) atoms. The van der Waals surface area contributed by atoms with Crippen molar-refractivity contribution in [1.29, 1.82) is 0 Å². The molecule has 2 amide bonds. The first-order valence-electron chi connectivity index (χ1n) is 10.8. The van der Waals surface area contributed by atoms with Crippen LogP contribution in [0.5, 0.6) is 11.5 Å². The molecule has 0 spiro atoms. The Hall–Kier alpha value is -3.55. The Labute approximate surface area is 187 Å². The summed E-state index contributed by atoms with van der Waals surface area (Å²) in [6.07, 6.45) is 1.90. The number of ether oxygens (including phenoxy) is 2. The molecule has 2 aliphatic heterocycles. The molecule has 2 heterocycles. The molecule has 4 rings (SSSR count). The minimum absolute atomic E-state index is 0.0261. The van der Waals surface area contributed by atoms with Crippen LogP contribution in [-0.2, 0) is 22.7 Å². The summed E-state index contributed by atoms with van der Waals surface area (Å²) in [5.41, 5.74) is 2.84. The number of guanidine groups is 1. The Morgan fingerprint density at radius 3 is 2.81 bits per heavy atom. The minimum atomic E-state index is -0.0438. The molecule has 8 heteroatoms. The molecule has 2 aromatic rings. The first kappa shape index (κ1) is 21.7. The van der Waals surface area contributed by atoms with Crippen molar-refractivity contribution < 1.29 is 19.1 Å². The van der Waals surface area contributed by atoms with E-state index >= 15 is 0 Å². The van der Waals surface area contributed by atoms with E-state index in [1.165, 1.54) is 0 Å². The standard InChI is InChI=1S/C24H28N4O4/c1-16(5-3-8-22(29)25-13-17-9-11-18(31-2)12-10-17)32-21-7-4-6-20-19(21)14-28-15-23(30)27-24(28)26-20/h4,6-7,9-12,16H,3,5,8,13-15H2,1-2H3,(H,25,29)(H,26,27,30). The summed E-state index contributed by atoms with van der Waals surface area (Å²) in [5.74, 6) is 2.16. The molecule has 2 aliphatic rings. The number of nitrogens with zero attached hydrogens (tertiary/aromatic N) is 2. The number of aliphatic imine (C=N–C) groups is 1. The lowest BCUT2D eigenvalue weighted by Gasteiger charge is -2.26. The van der Waals surface area contributed by atoms with Gasteiger partial charge in [0.15, 0.2) is 0 Å². The van der Waals surface area contributed by atoms with Crippen LogP contribution in [0.2, 0.25) is 0 Å². The lowest BCUT2D eigenvalue weighted by Crippen LogP contribution is -2.32. The molecule has 0 radical (unpaired) electrons. The van der Waals surface area contributed by atoms with E-state index in [-0.39, 0.29) is 17.9 Å². The van der Waals surface area contributed by atoms with Gasteiger partial charge in [-0.2, -0.15) is 0 Å². The summed E-state index contributed by atoms with van der Waals surface area (Å²) in [6, 6.07) is 13.4. The summed E-state index contributed by atoms with van der Waals surface area (Å²) in [4.78, 5) is 30.3. The Kier molecular flexibility index (Phi) is 6.58. The molecular formula is C24H28N4O4. The zero-order valence-electron chi connectivity index (χ0n) is 18.4. The zero-order chi connectivity index (χ0) is 22.5. The summed E-state index contributed by atoms with van der Waals surface area (Å²) < 4.78 is 11.3. The van der Waals surface area contributed by atoms with Gasteiger partial charge in [-0.15, -0.1) is 0 Å². The average molecular weight is 437 g/mol. The van der Waals surface area contributed by atoms with E-state index in [2.05, 4.69) is 15.6 Å². The molecule has 1 unspecified atom stereocenters. The Morgan fingerprint density at radius 2 is 2.03 bits per heavy atom. The molecule has 0 bridgehead atoms. The smallest absolute Gasteiger partial charge is 0.246 e. The number of rotatable bonds is 9. The summed E-state index contributed by atoms with van der Waals surface area (Å²) >= 11 is 0. The van der Waals surface area contributed by atoms with Crippen molar-refractivity contribution in [2.45, 2.75) is 45.4 Å². The van der Waals surface area contributed by atoms with Gasteiger partial charge in [-0.05, 0) is 49.6 Å². The molecule has 2 N–H and O–H groups in total. The molecule has 0 aliphatic carbocycles. The molecular weight excluding hydrogens is 408 g/mol. The lowest BCUT2D eigenvalue weighted by molar-refractivity contribution is -0.121. The molecule has 1 fully saturated rings. The van der Waals surface area contributed by atoms with Gasteiger partial charge in [-0.25, -0.2) is 4.99 Å². The summed E-state index contributed by atoms with van der Waals surface area (Å²) in [6.45, 7) is 3.41. The number of hydrogen-bond acceptors (Lipinski definition) is 6. The number of benzene rings is 2. The number of carbonyl (C=O) groups excluding carboxylic acids is 2. The van der Waals surface area contributed by atoms with E-state index < -0.39 is 0 Å². The van der Waals surface area contributed by atoms with Crippen LogP contribution in [0.25, 0.3) is 0 Å². The van der Waals surface area contributed by atoms with Crippen LogP contribution in [0.3, 0.4) is 0 Å². The summed E-state index contributed by atoms with van der Waals surface area (Å²) in [5, 5.41) is 5.73. The fourth-order valence-electron chi connectivity index (χ4n) is 3.81. The first-order valence-corrected chi connectivity index (χ1v) is 10.8. The highest BCUT2D eigenvalue weighted by Gasteiger charge is 2.30. The maximum absolute atomic E-state index is 12.2. The maximum atomic E-state index is 12.2. The van der Waals surface area contributed by atoms with Gasteiger partial charge in [0.1, 0.15) is 18.0 Å². The largest absolute Gasteiger partial charge is 0.497 e. The van der Waals surface area contributed by atoms with E-state index in [0.29, 0.717) is 32.0 Å². The van der Waals surface area contributed by atoms with Crippen molar-refractivity contribution in [3.8, 4) is 11.5 Å². The van der Waals surface area contributed by atoms with Crippen molar-refractivity contribution in [3.63, 3.8) is 0 Å². The fourth-order valence-corrected chi connectivity index (χ4v) is 3.81. The lowest BCUT2D eigenvalue weighted by atomic mass is 10.1. The molecule has 0 aromatic heterocycles. The monoisotopic (exact) mass is 436 g/mol. The highest BCUT2D eigenvalue weighted by atomic mass is 16.5. The van der Waals surface area contributed by atoms with E-state index in [0.717, 1.165) is 41.2 Å². The van der Waals surface area contributed by atoms with Gasteiger partial charge >= 0.3 is 0 Å². The van der Waals surface area contributed by atoms with Gasteiger partial charge in [0.25, 0.3) is 0 Å². The van der Waals surface area contributed by atoms with E-state index in [4.69, 9.17) is 9.47 Å². The van der Waals surface area contributed by atoms with Crippen molar-refractivity contribution >= 4 is 23.5 Å². The van der Waals surface area contributed by atoms with Crippen molar-refractivity contribution in [2.75, 3.05) is 13.7 Å². The van der Waals surface area contributed by atoms with Crippen LogP contribution >= 0.6 is 0 Å². The Morgan fingerprint density at radius 1 is 1.22 bits per heavy atom. The minimum Gasteiger partial charge on any atom is -0.497 e.